The van der Waals surface area contributed by atoms with Crippen molar-refractivity contribution in [3.8, 4) is 0 Å². The van der Waals surface area contributed by atoms with Crippen molar-refractivity contribution in [2.45, 2.75) is 384 Å². The summed E-state index contributed by atoms with van der Waals surface area (Å²) < 4.78 is 11.4. The number of hydrogen-bond donors (Lipinski definition) is 6. The van der Waals surface area contributed by atoms with E-state index in [1.165, 1.54) is 225 Å². The Bertz CT molecular complexity index is 1720. The second-order valence-electron chi connectivity index (χ2n) is 25.7. The summed E-state index contributed by atoms with van der Waals surface area (Å²) in [6, 6.07) is -0.726. The number of nitrogens with one attached hydrogen (secondary N) is 1. The number of ether oxygens (including phenoxy) is 2. The molecule has 1 saturated heterocycles. The third kappa shape index (κ3) is 54.8. The van der Waals surface area contributed by atoms with Gasteiger partial charge in [-0.1, -0.05) is 355 Å². The van der Waals surface area contributed by atoms with E-state index >= 15 is 0 Å². The minimum Gasteiger partial charge on any atom is -0.394 e. The van der Waals surface area contributed by atoms with E-state index in [0.717, 1.165) is 89.9 Å². The molecule has 6 N–H and O–H groups in total. The highest BCUT2D eigenvalue weighted by atomic mass is 16.7. The van der Waals surface area contributed by atoms with Gasteiger partial charge in [-0.25, -0.2) is 0 Å². The fourth-order valence-corrected chi connectivity index (χ4v) is 11.7. The maximum Gasteiger partial charge on any atom is 0.220 e. The van der Waals surface area contributed by atoms with Crippen LogP contribution >= 0.6 is 0 Å². The number of hydrogen-bond acceptors (Lipinski definition) is 8. The molecular formula is C79H141NO8. The number of carbonyl (C=O) groups excluding carboxylic acids is 1. The van der Waals surface area contributed by atoms with Gasteiger partial charge >= 0.3 is 0 Å². The van der Waals surface area contributed by atoms with Gasteiger partial charge in [-0.15, -0.1) is 0 Å². The molecule has 7 atom stereocenters. The Hall–Kier alpha value is -2.89. The van der Waals surface area contributed by atoms with Gasteiger partial charge in [0.2, 0.25) is 5.91 Å². The standard InChI is InChI=1S/C79H141NO8/c1-3-5-7-9-11-13-15-17-19-21-23-25-27-29-31-32-33-34-35-36-37-38-39-40-41-42-43-45-47-49-51-53-55-57-59-61-63-65-67-69-75(83)80-72(71-87-79-78(86)77(85)76(84)74(70-81)88-79)73(82)68-66-64-62-60-58-56-54-52-50-48-46-44-30-28-26-24-22-20-18-16-14-12-10-8-6-4-2/h5,7,11,13,17,19,23,25,29,31,33-34,36-37,39-40,72-74,76-79,81-82,84-86H,3-4,6,8-10,12,14-16,18,20-22,24,26-28,30,32,35,38,41-71H2,1-2H3,(H,80,83)/b7-5-,13-11-,19-17-,25-23-,31-29-,34-33-,37-36-,40-39-. The Morgan fingerprint density at radius 1 is 0.398 bits per heavy atom. The molecule has 7 unspecified atom stereocenters. The topological polar surface area (TPSA) is 149 Å². The molecule has 1 heterocycles. The zero-order chi connectivity index (χ0) is 63.5. The molecule has 0 aliphatic carbocycles. The van der Waals surface area contributed by atoms with Crippen LogP contribution in [0.2, 0.25) is 0 Å². The Kier molecular flexibility index (Phi) is 63.3. The molecule has 1 amide bonds. The summed E-state index contributed by atoms with van der Waals surface area (Å²) in [5.41, 5.74) is 0. The average molecular weight is 1230 g/mol. The molecule has 9 heteroatoms. The third-order valence-electron chi connectivity index (χ3n) is 17.5. The Morgan fingerprint density at radius 3 is 1.05 bits per heavy atom. The highest BCUT2D eigenvalue weighted by Crippen LogP contribution is 2.24. The van der Waals surface area contributed by atoms with Gasteiger partial charge in [-0.3, -0.25) is 4.79 Å². The highest BCUT2D eigenvalue weighted by molar-refractivity contribution is 5.76. The molecule has 1 fully saturated rings. The molecule has 0 aromatic carbocycles. The first-order chi connectivity index (χ1) is 43.3. The molecule has 1 aliphatic rings. The average Bonchev–Trinajstić information content (AvgIpc) is 3.65. The summed E-state index contributed by atoms with van der Waals surface area (Å²) >= 11 is 0. The van der Waals surface area contributed by atoms with E-state index in [1.807, 2.05) is 0 Å². The highest BCUT2D eigenvalue weighted by Gasteiger charge is 2.44. The van der Waals surface area contributed by atoms with Gasteiger partial charge in [0, 0.05) is 6.42 Å². The summed E-state index contributed by atoms with van der Waals surface area (Å²) in [4.78, 5) is 13.2. The first-order valence-electron chi connectivity index (χ1n) is 37.4. The summed E-state index contributed by atoms with van der Waals surface area (Å²) in [6.07, 6.45) is 90.5. The maximum absolute atomic E-state index is 13.2. The second kappa shape index (κ2) is 67.0. The molecule has 1 rings (SSSR count). The number of aliphatic hydroxyl groups excluding tert-OH is 5. The SMILES string of the molecule is CC/C=C\C/C=C\C/C=C\C/C=C\C/C=C\C/C=C\C/C=C\C/C=C\CCCCCCCCCCCCCCCCC(=O)NC(COC1OC(CO)C(O)C(O)C1O)C(O)CCCCCCCCCCCCCCCCCCCCCCCCCCCC. The Labute approximate surface area is 543 Å². The van der Waals surface area contributed by atoms with Gasteiger partial charge in [0.05, 0.1) is 25.4 Å². The van der Waals surface area contributed by atoms with Gasteiger partial charge in [-0.05, 0) is 77.0 Å². The number of amides is 1. The normalized spacial score (nSPS) is 18.5. The summed E-state index contributed by atoms with van der Waals surface area (Å²) in [7, 11) is 0. The van der Waals surface area contributed by atoms with Crippen molar-refractivity contribution in [3.63, 3.8) is 0 Å². The van der Waals surface area contributed by atoms with E-state index in [1.54, 1.807) is 0 Å². The molecule has 510 valence electrons. The van der Waals surface area contributed by atoms with Gasteiger partial charge in [-0.2, -0.15) is 0 Å². The van der Waals surface area contributed by atoms with E-state index in [2.05, 4.69) is 116 Å². The van der Waals surface area contributed by atoms with Crippen LogP contribution in [0.1, 0.15) is 341 Å². The van der Waals surface area contributed by atoms with Crippen molar-refractivity contribution in [2.75, 3.05) is 13.2 Å². The monoisotopic (exact) mass is 1230 g/mol. The zero-order valence-corrected chi connectivity index (χ0v) is 57.2. The molecule has 0 aromatic heterocycles. The predicted molar refractivity (Wildman–Crippen MR) is 378 cm³/mol. The lowest BCUT2D eigenvalue weighted by Crippen LogP contribution is -2.60. The zero-order valence-electron chi connectivity index (χ0n) is 57.2. The van der Waals surface area contributed by atoms with Crippen LogP contribution in [0.3, 0.4) is 0 Å². The van der Waals surface area contributed by atoms with Crippen LogP contribution in [0, 0.1) is 0 Å². The quantitative estimate of drug-likeness (QED) is 0.0261. The van der Waals surface area contributed by atoms with Crippen molar-refractivity contribution < 1.29 is 39.8 Å². The minimum absolute atomic E-state index is 0.139. The minimum atomic E-state index is -1.56. The number of rotatable bonds is 65. The van der Waals surface area contributed by atoms with Crippen molar-refractivity contribution in [1.82, 2.24) is 5.32 Å². The number of carbonyl (C=O) groups is 1. The third-order valence-corrected chi connectivity index (χ3v) is 17.5. The van der Waals surface area contributed by atoms with Crippen LogP contribution in [0.15, 0.2) is 97.2 Å². The summed E-state index contributed by atoms with van der Waals surface area (Å²) in [6.45, 7) is 3.76. The van der Waals surface area contributed by atoms with Gasteiger partial charge < -0.3 is 40.3 Å². The van der Waals surface area contributed by atoms with Crippen molar-refractivity contribution in [2.24, 2.45) is 0 Å². The summed E-state index contributed by atoms with van der Waals surface area (Å²) in [5.74, 6) is -0.143. The van der Waals surface area contributed by atoms with Gasteiger partial charge in [0.15, 0.2) is 6.29 Å². The van der Waals surface area contributed by atoms with E-state index in [0.29, 0.717) is 12.8 Å². The van der Waals surface area contributed by atoms with Crippen LogP contribution in [0.4, 0.5) is 0 Å². The lowest BCUT2D eigenvalue weighted by molar-refractivity contribution is -0.302. The van der Waals surface area contributed by atoms with Crippen LogP contribution in [-0.2, 0) is 14.3 Å². The molecule has 0 spiro atoms. The van der Waals surface area contributed by atoms with Crippen LogP contribution in [0.25, 0.3) is 0 Å². The predicted octanol–water partition coefficient (Wildman–Crippen LogP) is 21.0. The number of aliphatic hydroxyl groups is 5. The molecule has 9 nitrogen and oxygen atoms in total. The Balaban J connectivity index is 2.09. The van der Waals surface area contributed by atoms with Gasteiger partial charge in [0.1, 0.15) is 24.4 Å². The number of allylic oxidation sites excluding steroid dienone is 16. The van der Waals surface area contributed by atoms with Crippen LogP contribution in [0.5, 0.6) is 0 Å². The largest absolute Gasteiger partial charge is 0.394 e. The van der Waals surface area contributed by atoms with E-state index in [-0.39, 0.29) is 12.5 Å². The van der Waals surface area contributed by atoms with Crippen molar-refractivity contribution >= 4 is 5.91 Å². The van der Waals surface area contributed by atoms with Crippen LogP contribution in [-0.4, -0.2) is 87.5 Å². The molecule has 0 aromatic rings. The van der Waals surface area contributed by atoms with E-state index < -0.39 is 49.5 Å². The maximum atomic E-state index is 13.2. The first kappa shape index (κ1) is 83.1. The lowest BCUT2D eigenvalue weighted by Gasteiger charge is -2.40. The lowest BCUT2D eigenvalue weighted by atomic mass is 9.99. The van der Waals surface area contributed by atoms with E-state index in [4.69, 9.17) is 9.47 Å². The van der Waals surface area contributed by atoms with E-state index in [9.17, 15) is 30.3 Å². The number of unbranched alkanes of at least 4 members (excludes halogenated alkanes) is 39. The Morgan fingerprint density at radius 2 is 0.705 bits per heavy atom. The van der Waals surface area contributed by atoms with Gasteiger partial charge in [0.25, 0.3) is 0 Å². The smallest absolute Gasteiger partial charge is 0.220 e. The second-order valence-corrected chi connectivity index (χ2v) is 25.7. The molecule has 0 saturated carbocycles. The molecule has 88 heavy (non-hydrogen) atoms. The fourth-order valence-electron chi connectivity index (χ4n) is 11.7. The molecule has 1 aliphatic heterocycles. The molecule has 0 bridgehead atoms. The van der Waals surface area contributed by atoms with Crippen molar-refractivity contribution in [3.05, 3.63) is 97.2 Å². The molecular weight excluding hydrogens is 1090 g/mol. The fraction of sp³-hybridized carbons (Fsp3) is 0.785. The van der Waals surface area contributed by atoms with Crippen molar-refractivity contribution in [1.29, 1.82) is 0 Å². The van der Waals surface area contributed by atoms with Crippen LogP contribution < -0.4 is 5.32 Å². The summed E-state index contributed by atoms with van der Waals surface area (Å²) in [5, 5.41) is 55.0. The molecule has 0 radical (unpaired) electrons. The first-order valence-corrected chi connectivity index (χ1v) is 37.4.